The number of hydrogen-bond donors (Lipinski definition) is 5. The number of alkyl carbamates (subject to hydrolysis) is 1. The molecule has 0 fully saturated rings. The summed E-state index contributed by atoms with van der Waals surface area (Å²) < 4.78 is 4.50. The topological polar surface area (TPSA) is 164 Å². The van der Waals surface area contributed by atoms with Crippen LogP contribution < -0.4 is 22.5 Å². The van der Waals surface area contributed by atoms with Crippen molar-refractivity contribution in [2.75, 3.05) is 7.11 Å². The number of amidine groups is 1. The normalized spacial score (nSPS) is 11.6. The molecule has 0 saturated heterocycles. The van der Waals surface area contributed by atoms with Gasteiger partial charge < -0.3 is 27.3 Å². The second-order valence-electron chi connectivity index (χ2n) is 50.4. The summed E-state index contributed by atoms with van der Waals surface area (Å²) in [6, 6.07) is 74.9. The molecule has 0 aliphatic heterocycles. The molecule has 0 unspecified atom stereocenters. The second-order valence-corrected chi connectivity index (χ2v) is 50.4. The highest BCUT2D eigenvalue weighted by molar-refractivity contribution is 5.95. The Morgan fingerprint density at radius 2 is 0.560 bits per heavy atom. The molecule has 11 rings (SSSR count). The van der Waals surface area contributed by atoms with Gasteiger partial charge in [-0.25, -0.2) is 4.79 Å². The van der Waals surface area contributed by atoms with Crippen LogP contribution in [0.25, 0.3) is 0 Å². The van der Waals surface area contributed by atoms with Crippen molar-refractivity contribution in [3.8, 4) is 6.07 Å². The van der Waals surface area contributed by atoms with Crippen molar-refractivity contribution in [2.45, 2.75) is 418 Å². The fourth-order valence-corrected chi connectivity index (χ4v) is 17.4. The first-order valence-electron chi connectivity index (χ1n) is 51.0. The fourth-order valence-electron chi connectivity index (χ4n) is 17.4. The van der Waals surface area contributed by atoms with Crippen molar-refractivity contribution in [1.82, 2.24) is 5.32 Å². The maximum Gasteiger partial charge on any atom is 0.407 e. The lowest BCUT2D eigenvalue weighted by Crippen LogP contribution is -2.22. The van der Waals surface area contributed by atoms with Crippen molar-refractivity contribution in [2.24, 2.45) is 17.2 Å². The van der Waals surface area contributed by atoms with Crippen LogP contribution in [-0.2, 0) is 83.9 Å². The number of aryl methyl sites for hydroxylation is 15. The van der Waals surface area contributed by atoms with E-state index < -0.39 is 6.09 Å². The summed E-state index contributed by atoms with van der Waals surface area (Å²) in [5.41, 5.74) is 61.3. The average Bonchev–Trinajstić information content (AvgIpc) is 0.803. The number of nitrogens with two attached hydrogens (primary N) is 3. The van der Waals surface area contributed by atoms with Gasteiger partial charge in [0.1, 0.15) is 5.84 Å². The highest BCUT2D eigenvalue weighted by Crippen LogP contribution is 2.36. The van der Waals surface area contributed by atoms with Crippen LogP contribution in [0.3, 0.4) is 0 Å². The number of nitrogen functional groups attached to an aromatic ring is 1. The molecule has 0 bridgehead atoms. The molecule has 0 heterocycles. The maximum absolute atomic E-state index is 10.9. The summed E-state index contributed by atoms with van der Waals surface area (Å²) >= 11 is 0. The van der Waals surface area contributed by atoms with Crippen LogP contribution in [0.2, 0.25) is 0 Å². The zero-order valence-electron chi connectivity index (χ0n) is 98.7. The van der Waals surface area contributed by atoms with Crippen LogP contribution in [0.1, 0.15) is 407 Å². The van der Waals surface area contributed by atoms with Gasteiger partial charge in [0.15, 0.2) is 0 Å². The zero-order valence-corrected chi connectivity index (χ0v) is 98.7. The molecule has 8 N–H and O–H groups in total. The lowest BCUT2D eigenvalue weighted by atomic mass is 9.80. The summed E-state index contributed by atoms with van der Waals surface area (Å²) in [5.74, 6) is 0.125. The molecule has 0 saturated carbocycles. The van der Waals surface area contributed by atoms with Crippen molar-refractivity contribution in [3.63, 3.8) is 0 Å². The molecule has 11 aromatic carbocycles. The van der Waals surface area contributed by atoms with Crippen LogP contribution in [0, 0.1) is 128 Å². The summed E-state index contributed by atoms with van der Waals surface area (Å²) in [6.07, 6.45) is -0.403. The third kappa shape index (κ3) is 46.2. The largest absolute Gasteiger partial charge is 0.453 e. The standard InChI is InChI=1S/C13H19NO2.2C13H20.C12H19N.C12H15N.4C12H18.C11H16N2.C11H17N/c1-13(2,3)11-7-5-10(6-8-11)9-14-12(15)16-4;1-9-7-10(2)12(11(3)8-9)13(4,5)6;1-9-7-8-10(2)12(11(9)3)13(4,5)6;1-9-7-10(8-13)5-6-11(9)12(2,3)4;1-9-5-6-10(8-13)11(7-9)12(2,3)4;4*1-9-6-7-10(2)11(8-9)12(3,4)5;1-11(2,3)9-6-4-8(5-7-9)10(12)13;1-11(2,3)10-6-4-9(8-12)5-7-10/h5-8H,9H2,1-4H3,(H,14,15);2*7-8H,1-6H3;5-7H,8,13H2,1-4H3;5-7H,1-4H3;4*6-8H,1-5H3;4-7H,1-3H3,(H3,12,13);4-7H,8,12H2,1-3H3. The Bertz CT molecular complexity index is 5490. The van der Waals surface area contributed by atoms with Crippen LogP contribution in [0.4, 0.5) is 4.79 Å². The Morgan fingerprint density at radius 1 is 0.284 bits per heavy atom. The van der Waals surface area contributed by atoms with E-state index in [9.17, 15) is 4.79 Å². The summed E-state index contributed by atoms with van der Waals surface area (Å²) in [7, 11) is 1.36. The van der Waals surface area contributed by atoms with E-state index >= 15 is 0 Å². The number of amides is 1. The molecule has 772 valence electrons. The molecule has 0 aliphatic rings. The van der Waals surface area contributed by atoms with Gasteiger partial charge in [-0.2, -0.15) is 5.26 Å². The first-order valence-corrected chi connectivity index (χ1v) is 51.0. The molecule has 0 spiro atoms. The van der Waals surface area contributed by atoms with Crippen LogP contribution in [0.15, 0.2) is 206 Å². The van der Waals surface area contributed by atoms with Gasteiger partial charge >= 0.3 is 6.09 Å². The van der Waals surface area contributed by atoms with Gasteiger partial charge in [-0.1, -0.05) is 462 Å². The first kappa shape index (κ1) is 129. The third-order valence-corrected chi connectivity index (χ3v) is 24.9. The minimum Gasteiger partial charge on any atom is -0.453 e. The van der Waals surface area contributed by atoms with E-state index in [4.69, 9.17) is 27.9 Å². The van der Waals surface area contributed by atoms with E-state index in [-0.39, 0.29) is 65.4 Å². The number of nitrogens with zero attached hydrogens (tertiary/aromatic N) is 1. The summed E-state index contributed by atoms with van der Waals surface area (Å²) in [4.78, 5) is 10.9. The Hall–Kier alpha value is -10.4. The van der Waals surface area contributed by atoms with E-state index in [0.29, 0.717) is 19.6 Å². The minimum atomic E-state index is -0.403. The lowest BCUT2D eigenvalue weighted by Gasteiger charge is -2.25. The molecule has 0 atom stereocenters. The van der Waals surface area contributed by atoms with Crippen molar-refractivity contribution in [1.29, 1.82) is 10.7 Å². The maximum atomic E-state index is 10.9. The first-order chi connectivity index (χ1) is 64.1. The van der Waals surface area contributed by atoms with Crippen LogP contribution in [-0.4, -0.2) is 19.0 Å². The number of benzene rings is 11. The summed E-state index contributed by atoms with van der Waals surface area (Å²) in [5, 5.41) is 18.8. The van der Waals surface area contributed by atoms with Gasteiger partial charge in [-0.15, -0.1) is 0 Å². The number of nitriles is 1. The molecular weight excluding hydrogens is 1710 g/mol. The van der Waals surface area contributed by atoms with Crippen molar-refractivity contribution >= 4 is 11.9 Å². The highest BCUT2D eigenvalue weighted by Gasteiger charge is 2.25. The van der Waals surface area contributed by atoms with E-state index in [1.807, 2.05) is 48.5 Å². The molecule has 0 aliphatic carbocycles. The SMILES string of the molecule is CC(C)(C)c1ccc(C(=N)N)cc1.CC(C)(C)c1ccc(CN)cc1.COC(=O)NCc1ccc(C(C)(C)C)cc1.Cc1cc(C)c(C(C)(C)C)c(C)c1.Cc1cc(CN)ccc1C(C)(C)C.Cc1ccc(C#N)c(C(C)(C)C)c1.Cc1ccc(C)c(C(C)(C)C)c1.Cc1ccc(C)c(C(C)(C)C)c1.Cc1ccc(C)c(C(C)(C)C)c1.Cc1ccc(C)c(C(C)(C)C)c1.Cc1ccc(C)c(C(C)(C)C)c1C. The number of ether oxygens (including phenoxy) is 1. The molecule has 0 aromatic heterocycles. The van der Waals surface area contributed by atoms with Crippen LogP contribution in [0.5, 0.6) is 0 Å². The van der Waals surface area contributed by atoms with E-state index in [0.717, 1.165) is 22.3 Å². The fraction of sp³-hybridized carbons (Fsp3) is 0.481. The third-order valence-electron chi connectivity index (χ3n) is 24.9. The van der Waals surface area contributed by atoms with Gasteiger partial charge in [0.25, 0.3) is 0 Å². The lowest BCUT2D eigenvalue weighted by molar-refractivity contribution is 0.170. The minimum absolute atomic E-state index is 0.0527. The van der Waals surface area contributed by atoms with Gasteiger partial charge in [-0.05, 0) is 310 Å². The number of rotatable bonds is 5. The highest BCUT2D eigenvalue weighted by atomic mass is 16.5. The Labute approximate surface area is 864 Å². The molecule has 8 nitrogen and oxygen atoms in total. The molecular formula is C133H198N6O2. The number of methoxy groups -OCH3 is 1. The number of carbonyl (C=O) groups excluding carboxylic acids is 1. The molecule has 1 amide bonds. The van der Waals surface area contributed by atoms with E-state index in [2.05, 4.69) is 513 Å². The van der Waals surface area contributed by atoms with Gasteiger partial charge in [-0.3, -0.25) is 5.41 Å². The van der Waals surface area contributed by atoms with E-state index in [1.54, 1.807) is 0 Å². The van der Waals surface area contributed by atoms with Gasteiger partial charge in [0, 0.05) is 25.2 Å². The van der Waals surface area contributed by atoms with Gasteiger partial charge in [0.2, 0.25) is 0 Å². The zero-order chi connectivity index (χ0) is 109. The van der Waals surface area contributed by atoms with E-state index in [1.165, 1.54) is 163 Å². The predicted octanol–water partition coefficient (Wildman–Crippen LogP) is 35.7. The molecule has 141 heavy (non-hydrogen) atoms. The Balaban J connectivity index is 0.000000776. The van der Waals surface area contributed by atoms with Gasteiger partial charge in [0.05, 0.1) is 18.7 Å². The average molecular weight is 1910 g/mol. The van der Waals surface area contributed by atoms with Crippen molar-refractivity contribution in [3.05, 3.63) is 384 Å². The molecule has 8 heteroatoms. The monoisotopic (exact) mass is 1910 g/mol. The number of carbonyl (C=O) groups is 1. The Kier molecular flexibility index (Phi) is 50.0. The second kappa shape index (κ2) is 54.9. The van der Waals surface area contributed by atoms with Crippen LogP contribution >= 0.6 is 0 Å². The quantitative estimate of drug-likeness (QED) is 0.0851. The number of nitrogens with one attached hydrogen (secondary N) is 2. The molecule has 11 aromatic rings. The Morgan fingerprint density at radius 3 is 0.816 bits per heavy atom. The smallest absolute Gasteiger partial charge is 0.407 e. The molecule has 0 radical (unpaired) electrons. The summed E-state index contributed by atoms with van der Waals surface area (Å²) in [6.45, 7) is 110. The number of hydrogen-bond acceptors (Lipinski definition) is 6. The van der Waals surface area contributed by atoms with Crippen molar-refractivity contribution < 1.29 is 9.53 Å². The predicted molar refractivity (Wildman–Crippen MR) is 623 cm³/mol.